The van der Waals surface area contributed by atoms with Gasteiger partial charge in [-0.3, -0.25) is 4.79 Å². The lowest BCUT2D eigenvalue weighted by Crippen LogP contribution is -2.46. The van der Waals surface area contributed by atoms with E-state index < -0.39 is 6.09 Å². The molecule has 0 aliphatic carbocycles. The fourth-order valence-corrected chi connectivity index (χ4v) is 2.31. The van der Waals surface area contributed by atoms with Gasteiger partial charge in [0.05, 0.1) is 6.61 Å². The number of nitrogens with zero attached hydrogens (tertiary/aromatic N) is 1. The fourth-order valence-electron chi connectivity index (χ4n) is 2.31. The Morgan fingerprint density at radius 1 is 1.29 bits per heavy atom. The topological polar surface area (TPSA) is 58.6 Å². The van der Waals surface area contributed by atoms with Crippen LogP contribution in [-0.4, -0.2) is 43.1 Å². The first-order valence-electron chi connectivity index (χ1n) is 6.21. The summed E-state index contributed by atoms with van der Waals surface area (Å²) >= 11 is 0. The Kier molecular flexibility index (Phi) is 5.25. The second-order valence-corrected chi connectivity index (χ2v) is 4.82. The number of carbonyl (C=O) groups is 2. The Hall–Kier alpha value is -1.26. The number of piperidine rings is 1. The summed E-state index contributed by atoms with van der Waals surface area (Å²) in [5.41, 5.74) is 0. The van der Waals surface area contributed by atoms with E-state index in [2.05, 4.69) is 19.2 Å². The zero-order chi connectivity index (χ0) is 12.8. The van der Waals surface area contributed by atoms with Gasteiger partial charge in [-0.05, 0) is 25.2 Å². The molecule has 5 heteroatoms. The number of nitrogens with one attached hydrogen (secondary N) is 1. The molecule has 17 heavy (non-hydrogen) atoms. The van der Waals surface area contributed by atoms with Gasteiger partial charge in [-0.1, -0.05) is 13.8 Å². The van der Waals surface area contributed by atoms with Gasteiger partial charge in [0.15, 0.2) is 0 Å². The van der Waals surface area contributed by atoms with Crippen LogP contribution in [-0.2, 0) is 9.53 Å². The Labute approximate surface area is 102 Å². The van der Waals surface area contributed by atoms with Crippen molar-refractivity contribution in [3.8, 4) is 0 Å². The molecule has 0 aromatic carbocycles. The first-order chi connectivity index (χ1) is 8.02. The van der Waals surface area contributed by atoms with Crippen molar-refractivity contribution >= 4 is 12.0 Å². The Morgan fingerprint density at radius 3 is 2.41 bits per heavy atom. The molecule has 0 spiro atoms. The number of carbonyl (C=O) groups excluding carboxylic acids is 2. The van der Waals surface area contributed by atoms with Crippen molar-refractivity contribution in [1.82, 2.24) is 10.2 Å². The molecule has 5 nitrogen and oxygen atoms in total. The van der Waals surface area contributed by atoms with Crippen LogP contribution in [0, 0.1) is 11.8 Å². The molecule has 1 N–H and O–H groups in total. The minimum atomic E-state index is -0.529. The number of ether oxygens (including phenoxy) is 1. The van der Waals surface area contributed by atoms with Crippen LogP contribution in [0.1, 0.15) is 27.2 Å². The molecule has 1 rings (SSSR count). The van der Waals surface area contributed by atoms with Gasteiger partial charge in [-0.15, -0.1) is 0 Å². The van der Waals surface area contributed by atoms with Gasteiger partial charge in [0, 0.05) is 13.1 Å². The molecule has 1 aliphatic heterocycles. The Balaban J connectivity index is 2.34. The molecule has 2 amide bonds. The molecular formula is C12H22N2O3. The molecule has 0 saturated carbocycles. The van der Waals surface area contributed by atoms with Gasteiger partial charge in [0.25, 0.3) is 0 Å². The molecule has 0 bridgehead atoms. The maximum atomic E-state index is 11.9. The lowest BCUT2D eigenvalue weighted by molar-refractivity contribution is -0.132. The summed E-state index contributed by atoms with van der Waals surface area (Å²) in [6, 6.07) is 0. The van der Waals surface area contributed by atoms with E-state index in [0.29, 0.717) is 18.4 Å². The molecule has 2 atom stereocenters. The van der Waals surface area contributed by atoms with E-state index in [1.54, 1.807) is 6.92 Å². The van der Waals surface area contributed by atoms with E-state index in [1.807, 2.05) is 4.90 Å². The van der Waals surface area contributed by atoms with Crippen molar-refractivity contribution in [2.45, 2.75) is 27.2 Å². The number of hydrogen-bond donors (Lipinski definition) is 1. The van der Waals surface area contributed by atoms with Crippen LogP contribution >= 0.6 is 0 Å². The van der Waals surface area contributed by atoms with E-state index >= 15 is 0 Å². The summed E-state index contributed by atoms with van der Waals surface area (Å²) in [6.07, 6.45) is 0.633. The summed E-state index contributed by atoms with van der Waals surface area (Å²) in [5.74, 6) is 1.03. The lowest BCUT2D eigenvalue weighted by atomic mass is 9.92. The van der Waals surface area contributed by atoms with Gasteiger partial charge in [0.1, 0.15) is 6.54 Å². The molecule has 0 aromatic rings. The first kappa shape index (κ1) is 13.8. The summed E-state index contributed by atoms with van der Waals surface area (Å²) in [6.45, 7) is 7.94. The molecule has 0 unspecified atom stereocenters. The van der Waals surface area contributed by atoms with E-state index in [1.165, 1.54) is 0 Å². The van der Waals surface area contributed by atoms with Crippen LogP contribution in [0.3, 0.4) is 0 Å². The smallest absolute Gasteiger partial charge is 0.407 e. The van der Waals surface area contributed by atoms with Gasteiger partial charge in [-0.25, -0.2) is 4.79 Å². The van der Waals surface area contributed by atoms with E-state index in [-0.39, 0.29) is 12.5 Å². The van der Waals surface area contributed by atoms with Gasteiger partial charge < -0.3 is 15.0 Å². The van der Waals surface area contributed by atoms with E-state index in [9.17, 15) is 9.59 Å². The second-order valence-electron chi connectivity index (χ2n) is 4.82. The zero-order valence-corrected chi connectivity index (χ0v) is 10.9. The third-order valence-corrected chi connectivity index (χ3v) is 2.88. The highest BCUT2D eigenvalue weighted by Gasteiger charge is 2.25. The molecule has 1 saturated heterocycles. The highest BCUT2D eigenvalue weighted by atomic mass is 16.5. The van der Waals surface area contributed by atoms with Crippen LogP contribution in [0.15, 0.2) is 0 Å². The van der Waals surface area contributed by atoms with Crippen LogP contribution in [0.2, 0.25) is 0 Å². The molecule has 1 aliphatic rings. The van der Waals surface area contributed by atoms with Gasteiger partial charge in [-0.2, -0.15) is 0 Å². The van der Waals surface area contributed by atoms with E-state index in [0.717, 1.165) is 19.5 Å². The molecular weight excluding hydrogens is 220 g/mol. The van der Waals surface area contributed by atoms with Gasteiger partial charge >= 0.3 is 6.09 Å². The lowest BCUT2D eigenvalue weighted by Gasteiger charge is -2.35. The third kappa shape index (κ3) is 4.63. The normalized spacial score (nSPS) is 24.3. The Morgan fingerprint density at radius 2 is 1.88 bits per heavy atom. The predicted octanol–water partition coefficient (Wildman–Crippen LogP) is 1.24. The Bertz CT molecular complexity index is 271. The van der Waals surface area contributed by atoms with Crippen LogP contribution in [0.5, 0.6) is 0 Å². The van der Waals surface area contributed by atoms with Crippen molar-refractivity contribution in [1.29, 1.82) is 0 Å². The highest BCUT2D eigenvalue weighted by Crippen LogP contribution is 2.20. The predicted molar refractivity (Wildman–Crippen MR) is 64.5 cm³/mol. The number of likely N-dealkylation sites (tertiary alicyclic amines) is 1. The van der Waals surface area contributed by atoms with Crippen molar-refractivity contribution in [3.05, 3.63) is 0 Å². The maximum Gasteiger partial charge on any atom is 0.407 e. The largest absolute Gasteiger partial charge is 0.450 e. The molecule has 0 aromatic heterocycles. The molecule has 1 fully saturated rings. The maximum absolute atomic E-state index is 11.9. The van der Waals surface area contributed by atoms with Crippen LogP contribution in [0.4, 0.5) is 4.79 Å². The molecule has 0 radical (unpaired) electrons. The third-order valence-electron chi connectivity index (χ3n) is 2.88. The monoisotopic (exact) mass is 242 g/mol. The van der Waals surface area contributed by atoms with Crippen molar-refractivity contribution < 1.29 is 14.3 Å². The summed E-state index contributed by atoms with van der Waals surface area (Å²) in [5, 5.41) is 2.46. The number of alkyl carbamates (subject to hydrolysis) is 1. The van der Waals surface area contributed by atoms with Crippen molar-refractivity contribution in [2.24, 2.45) is 11.8 Å². The van der Waals surface area contributed by atoms with Crippen LogP contribution < -0.4 is 5.32 Å². The van der Waals surface area contributed by atoms with Crippen molar-refractivity contribution in [3.63, 3.8) is 0 Å². The second kappa shape index (κ2) is 6.47. The fraction of sp³-hybridized carbons (Fsp3) is 0.833. The SMILES string of the molecule is CCOC(=O)NCC(=O)N1C[C@H](C)C[C@H](C)C1. The highest BCUT2D eigenvalue weighted by molar-refractivity contribution is 5.82. The summed E-state index contributed by atoms with van der Waals surface area (Å²) < 4.78 is 4.70. The molecule has 98 valence electrons. The quantitative estimate of drug-likeness (QED) is 0.810. The van der Waals surface area contributed by atoms with E-state index in [4.69, 9.17) is 4.74 Å². The zero-order valence-electron chi connectivity index (χ0n) is 10.9. The minimum absolute atomic E-state index is 0.0261. The summed E-state index contributed by atoms with van der Waals surface area (Å²) in [4.78, 5) is 24.7. The standard InChI is InChI=1S/C12H22N2O3/c1-4-17-12(16)13-6-11(15)14-7-9(2)5-10(3)8-14/h9-10H,4-8H2,1-3H3,(H,13,16)/t9-,10+. The average Bonchev–Trinajstić information content (AvgIpc) is 2.25. The summed E-state index contributed by atoms with van der Waals surface area (Å²) in [7, 11) is 0. The number of hydrogen-bond acceptors (Lipinski definition) is 3. The minimum Gasteiger partial charge on any atom is -0.450 e. The number of rotatable bonds is 3. The van der Waals surface area contributed by atoms with Crippen molar-refractivity contribution in [2.75, 3.05) is 26.2 Å². The first-order valence-corrected chi connectivity index (χ1v) is 6.21. The average molecular weight is 242 g/mol. The van der Waals surface area contributed by atoms with Gasteiger partial charge in [0.2, 0.25) is 5.91 Å². The molecule has 1 heterocycles. The number of amides is 2. The van der Waals surface area contributed by atoms with Crippen LogP contribution in [0.25, 0.3) is 0 Å².